The molecule has 2 heteroatoms. The van der Waals surface area contributed by atoms with Crippen molar-refractivity contribution in [1.29, 1.82) is 0 Å². The molecule has 16 heavy (non-hydrogen) atoms. The van der Waals surface area contributed by atoms with Crippen LogP contribution in [0.1, 0.15) is 46.5 Å². The van der Waals surface area contributed by atoms with Crippen LogP contribution in [-0.4, -0.2) is 25.3 Å². The average molecular weight is 225 g/mol. The molecule has 0 aromatic heterocycles. The van der Waals surface area contributed by atoms with Gasteiger partial charge in [-0.1, -0.05) is 13.3 Å². The largest absolute Gasteiger partial charge is 0.377 e. The topological polar surface area (TPSA) is 21.3 Å². The Morgan fingerprint density at radius 1 is 1.25 bits per heavy atom. The molecule has 2 bridgehead atoms. The van der Waals surface area contributed by atoms with Crippen LogP contribution in [0.25, 0.3) is 0 Å². The second kappa shape index (κ2) is 5.50. The Balaban J connectivity index is 1.86. The van der Waals surface area contributed by atoms with Crippen molar-refractivity contribution in [2.24, 2.45) is 17.8 Å². The normalized spacial score (nSPS) is 34.9. The molecule has 0 saturated heterocycles. The van der Waals surface area contributed by atoms with Gasteiger partial charge in [0.15, 0.2) is 0 Å². The molecule has 94 valence electrons. The zero-order valence-corrected chi connectivity index (χ0v) is 11.0. The Labute approximate surface area is 100 Å². The number of ether oxygens (including phenoxy) is 1. The molecular weight excluding hydrogens is 198 g/mol. The van der Waals surface area contributed by atoms with Gasteiger partial charge in [0.2, 0.25) is 0 Å². The van der Waals surface area contributed by atoms with E-state index in [2.05, 4.69) is 26.1 Å². The van der Waals surface area contributed by atoms with Crippen LogP contribution in [-0.2, 0) is 4.74 Å². The number of hydrogen-bond acceptors (Lipinski definition) is 2. The van der Waals surface area contributed by atoms with Crippen molar-refractivity contribution in [2.75, 3.05) is 13.2 Å². The van der Waals surface area contributed by atoms with Gasteiger partial charge in [0.1, 0.15) is 0 Å². The summed E-state index contributed by atoms with van der Waals surface area (Å²) < 4.78 is 5.81. The second-order valence-electron chi connectivity index (χ2n) is 5.88. The first kappa shape index (κ1) is 12.4. The summed E-state index contributed by atoms with van der Waals surface area (Å²) in [6.45, 7) is 8.43. The fraction of sp³-hybridized carbons (Fsp3) is 1.00. The van der Waals surface area contributed by atoms with Gasteiger partial charge in [-0.3, -0.25) is 0 Å². The minimum absolute atomic E-state index is 0.361. The second-order valence-corrected chi connectivity index (χ2v) is 5.88. The number of hydrogen-bond donors (Lipinski definition) is 1. The molecule has 4 unspecified atom stereocenters. The fourth-order valence-corrected chi connectivity index (χ4v) is 3.68. The lowest BCUT2D eigenvalue weighted by Gasteiger charge is -2.31. The molecule has 4 atom stereocenters. The van der Waals surface area contributed by atoms with Crippen molar-refractivity contribution >= 4 is 0 Å². The van der Waals surface area contributed by atoms with Crippen molar-refractivity contribution in [2.45, 2.75) is 58.6 Å². The van der Waals surface area contributed by atoms with Crippen LogP contribution in [0.3, 0.4) is 0 Å². The van der Waals surface area contributed by atoms with Gasteiger partial charge in [-0.15, -0.1) is 0 Å². The minimum atomic E-state index is 0.361. The van der Waals surface area contributed by atoms with E-state index in [-0.39, 0.29) is 0 Å². The van der Waals surface area contributed by atoms with Crippen LogP contribution in [0.5, 0.6) is 0 Å². The van der Waals surface area contributed by atoms with E-state index in [1.165, 1.54) is 25.7 Å². The summed E-state index contributed by atoms with van der Waals surface area (Å²) in [7, 11) is 0. The summed E-state index contributed by atoms with van der Waals surface area (Å²) in [4.78, 5) is 0. The highest BCUT2D eigenvalue weighted by atomic mass is 16.5. The lowest BCUT2D eigenvalue weighted by molar-refractivity contribution is 0.0405. The van der Waals surface area contributed by atoms with E-state index in [1.807, 2.05) is 0 Å². The van der Waals surface area contributed by atoms with Gasteiger partial charge in [0.05, 0.1) is 12.7 Å². The predicted molar refractivity (Wildman–Crippen MR) is 67.5 cm³/mol. The summed E-state index contributed by atoms with van der Waals surface area (Å²) in [5, 5.41) is 3.64. The first-order valence-electron chi connectivity index (χ1n) is 7.05. The van der Waals surface area contributed by atoms with Crippen molar-refractivity contribution in [3.05, 3.63) is 0 Å². The van der Waals surface area contributed by atoms with Crippen LogP contribution in [0, 0.1) is 17.8 Å². The number of likely N-dealkylation sites (N-methyl/N-ethyl adjacent to an activating group) is 1. The van der Waals surface area contributed by atoms with Crippen molar-refractivity contribution in [3.8, 4) is 0 Å². The maximum Gasteiger partial charge on any atom is 0.0625 e. The maximum absolute atomic E-state index is 5.81. The smallest absolute Gasteiger partial charge is 0.0625 e. The van der Waals surface area contributed by atoms with Crippen molar-refractivity contribution < 1.29 is 4.74 Å². The molecule has 2 aliphatic rings. The lowest BCUT2D eigenvalue weighted by atomic mass is 9.83. The minimum Gasteiger partial charge on any atom is -0.377 e. The molecule has 0 aromatic rings. The Bertz CT molecular complexity index is 217. The van der Waals surface area contributed by atoms with Crippen molar-refractivity contribution in [3.63, 3.8) is 0 Å². The molecule has 0 radical (unpaired) electrons. The van der Waals surface area contributed by atoms with Crippen LogP contribution in [0.4, 0.5) is 0 Å². The molecule has 2 fully saturated rings. The molecule has 2 saturated carbocycles. The fourth-order valence-electron chi connectivity index (χ4n) is 3.68. The first-order chi connectivity index (χ1) is 7.70. The summed E-state index contributed by atoms with van der Waals surface area (Å²) in [6.07, 6.45) is 6.27. The van der Waals surface area contributed by atoms with E-state index in [1.54, 1.807) is 0 Å². The Morgan fingerprint density at radius 3 is 2.56 bits per heavy atom. The molecule has 0 amide bonds. The lowest BCUT2D eigenvalue weighted by Crippen LogP contribution is -2.42. The molecule has 1 N–H and O–H groups in total. The molecule has 0 aliphatic heterocycles. The molecule has 2 nitrogen and oxygen atoms in total. The van der Waals surface area contributed by atoms with Gasteiger partial charge in [-0.2, -0.15) is 0 Å². The molecule has 0 aromatic carbocycles. The summed E-state index contributed by atoms with van der Waals surface area (Å²) in [5.74, 6) is 2.91. The van der Waals surface area contributed by atoms with Crippen molar-refractivity contribution in [1.82, 2.24) is 5.32 Å². The number of fused-ring (bicyclic) bond motifs is 2. The third kappa shape index (κ3) is 2.78. The monoisotopic (exact) mass is 225 g/mol. The van der Waals surface area contributed by atoms with Gasteiger partial charge in [-0.05, 0) is 57.4 Å². The SMILES string of the molecule is CCNC(COC(C)C)C1CC2CCC1C2. The van der Waals surface area contributed by atoms with Gasteiger partial charge < -0.3 is 10.1 Å². The summed E-state index contributed by atoms with van der Waals surface area (Å²) >= 11 is 0. The zero-order chi connectivity index (χ0) is 11.5. The predicted octanol–water partition coefficient (Wildman–Crippen LogP) is 2.83. The van der Waals surface area contributed by atoms with E-state index >= 15 is 0 Å². The van der Waals surface area contributed by atoms with E-state index in [0.29, 0.717) is 12.1 Å². The van der Waals surface area contributed by atoms with Crippen LogP contribution >= 0.6 is 0 Å². The Hall–Kier alpha value is -0.0800. The van der Waals surface area contributed by atoms with E-state index < -0.39 is 0 Å². The molecule has 0 spiro atoms. The van der Waals surface area contributed by atoms with Crippen LogP contribution in [0.2, 0.25) is 0 Å². The highest BCUT2D eigenvalue weighted by Crippen LogP contribution is 2.49. The van der Waals surface area contributed by atoms with Gasteiger partial charge in [0, 0.05) is 6.04 Å². The standard InChI is InChI=1S/C14H27NO/c1-4-15-14(9-16-10(2)3)13-8-11-5-6-12(13)7-11/h10-15H,4-9H2,1-3H3. The first-order valence-corrected chi connectivity index (χ1v) is 7.05. The quantitative estimate of drug-likeness (QED) is 0.750. The molecule has 2 rings (SSSR count). The highest BCUT2D eigenvalue weighted by molar-refractivity contribution is 4.95. The molecule has 2 aliphatic carbocycles. The summed E-state index contributed by atoms with van der Waals surface area (Å²) in [5.41, 5.74) is 0. The highest BCUT2D eigenvalue weighted by Gasteiger charge is 2.42. The Morgan fingerprint density at radius 2 is 2.06 bits per heavy atom. The van der Waals surface area contributed by atoms with E-state index in [9.17, 15) is 0 Å². The third-order valence-corrected chi connectivity index (χ3v) is 4.39. The third-order valence-electron chi connectivity index (χ3n) is 4.39. The van der Waals surface area contributed by atoms with E-state index in [0.717, 1.165) is 30.9 Å². The van der Waals surface area contributed by atoms with Crippen LogP contribution < -0.4 is 5.32 Å². The number of nitrogens with one attached hydrogen (secondary N) is 1. The van der Waals surface area contributed by atoms with Gasteiger partial charge in [-0.25, -0.2) is 0 Å². The molecular formula is C14H27NO. The van der Waals surface area contributed by atoms with Gasteiger partial charge in [0.25, 0.3) is 0 Å². The zero-order valence-electron chi connectivity index (χ0n) is 11.0. The average Bonchev–Trinajstić information content (AvgIpc) is 2.85. The molecule has 0 heterocycles. The van der Waals surface area contributed by atoms with Gasteiger partial charge >= 0.3 is 0 Å². The summed E-state index contributed by atoms with van der Waals surface area (Å²) in [6, 6.07) is 0.600. The number of rotatable bonds is 6. The maximum atomic E-state index is 5.81. The van der Waals surface area contributed by atoms with Crippen LogP contribution in [0.15, 0.2) is 0 Å². The van der Waals surface area contributed by atoms with E-state index in [4.69, 9.17) is 4.74 Å². The Kier molecular flexibility index (Phi) is 4.26.